The van der Waals surface area contributed by atoms with Gasteiger partial charge in [-0.25, -0.2) is 8.42 Å². The lowest BCUT2D eigenvalue weighted by Crippen LogP contribution is -2.36. The Morgan fingerprint density at radius 1 is 1.19 bits per heavy atom. The molecule has 2 aromatic carbocycles. The predicted molar refractivity (Wildman–Crippen MR) is 117 cm³/mol. The molecule has 6 heteroatoms. The van der Waals surface area contributed by atoms with Crippen LogP contribution < -0.4 is 9.49 Å². The highest BCUT2D eigenvalue weighted by atomic mass is 32.2. The first kappa shape index (κ1) is 21.4. The van der Waals surface area contributed by atoms with E-state index in [0.29, 0.717) is 17.4 Å². The summed E-state index contributed by atoms with van der Waals surface area (Å²) in [5, 5.41) is 0.692. The topological polar surface area (TPSA) is 57.6 Å². The molecule has 0 radical (unpaired) electrons. The van der Waals surface area contributed by atoms with Gasteiger partial charge in [-0.05, 0) is 59.5 Å². The number of rotatable bonds is 8. The molecule has 0 fully saturated rings. The second-order valence-electron chi connectivity index (χ2n) is 7.12. The molecule has 1 N–H and O–H groups in total. The predicted octanol–water partition coefficient (Wildman–Crippen LogP) is 3.30. The van der Waals surface area contributed by atoms with Gasteiger partial charge in [0.25, 0.3) is 10.0 Å². The van der Waals surface area contributed by atoms with Gasteiger partial charge in [0.15, 0.2) is 0 Å². The summed E-state index contributed by atoms with van der Waals surface area (Å²) in [5.74, 6) is 0.170. The van der Waals surface area contributed by atoms with Crippen LogP contribution in [-0.4, -0.2) is 28.8 Å². The highest BCUT2D eigenvalue weighted by molar-refractivity contribution is 7.92. The third-order valence-electron chi connectivity index (χ3n) is 4.48. The van der Waals surface area contributed by atoms with Crippen molar-refractivity contribution in [2.75, 3.05) is 10.8 Å². The highest BCUT2D eigenvalue weighted by Gasteiger charge is 2.27. The lowest BCUT2D eigenvalue weighted by molar-refractivity contribution is 0.578. The van der Waals surface area contributed by atoms with E-state index in [9.17, 15) is 13.2 Å². The highest BCUT2D eigenvalue weighted by Crippen LogP contribution is 2.25. The van der Waals surface area contributed by atoms with Gasteiger partial charge in [0.05, 0.1) is 10.6 Å². The molecule has 2 rings (SSSR count). The molecule has 0 aliphatic carbocycles. The number of nitrogens with zero attached hydrogens (tertiary/aromatic N) is 1. The summed E-state index contributed by atoms with van der Waals surface area (Å²) in [6, 6.07) is 12.6. The normalized spacial score (nSPS) is 12.8. The van der Waals surface area contributed by atoms with Gasteiger partial charge in [-0.2, -0.15) is 0 Å². The number of hydrogen-bond donors (Lipinski definition) is 1. The molecule has 0 aromatic heterocycles. The zero-order valence-electron chi connectivity index (χ0n) is 16.5. The number of sulfonamides is 1. The van der Waals surface area contributed by atoms with Crippen molar-refractivity contribution in [2.45, 2.75) is 38.6 Å². The number of benzene rings is 2. The minimum atomic E-state index is -3.74. The number of hydrogen-bond acceptors (Lipinski definition) is 3. The van der Waals surface area contributed by atoms with Crippen molar-refractivity contribution in [3.05, 3.63) is 60.2 Å². The second kappa shape index (κ2) is 8.86. The van der Waals surface area contributed by atoms with Crippen molar-refractivity contribution in [1.82, 2.24) is 0 Å². The van der Waals surface area contributed by atoms with Crippen molar-refractivity contribution in [3.8, 4) is 0 Å². The molecule has 0 aliphatic heterocycles. The molecule has 27 heavy (non-hydrogen) atoms. The molecular weight excluding hydrogens is 374 g/mol. The van der Waals surface area contributed by atoms with Crippen molar-refractivity contribution >= 4 is 36.0 Å². The van der Waals surface area contributed by atoms with Gasteiger partial charge in [0, 0.05) is 6.54 Å². The third kappa shape index (κ3) is 4.89. The van der Waals surface area contributed by atoms with Gasteiger partial charge in [0.2, 0.25) is 9.04 Å². The molecular formula is C21H29NO3SSi. The fourth-order valence-electron chi connectivity index (χ4n) is 2.96. The van der Waals surface area contributed by atoms with Crippen molar-refractivity contribution in [3.63, 3.8) is 0 Å². The van der Waals surface area contributed by atoms with Gasteiger partial charge in [0.1, 0.15) is 0 Å². The van der Waals surface area contributed by atoms with Crippen LogP contribution in [0, 0.1) is 5.92 Å². The monoisotopic (exact) mass is 403 g/mol. The molecule has 146 valence electrons. The number of anilines is 1. The van der Waals surface area contributed by atoms with Gasteiger partial charge in [-0.15, -0.1) is 0 Å². The van der Waals surface area contributed by atoms with Gasteiger partial charge < -0.3 is 4.80 Å². The van der Waals surface area contributed by atoms with Crippen LogP contribution in [-0.2, 0) is 16.4 Å². The van der Waals surface area contributed by atoms with Gasteiger partial charge >= 0.3 is 0 Å². The average molecular weight is 404 g/mol. The zero-order valence-corrected chi connectivity index (χ0v) is 18.5. The molecule has 0 spiro atoms. The summed E-state index contributed by atoms with van der Waals surface area (Å²) in [7, 11) is -5.92. The quantitative estimate of drug-likeness (QED) is 0.688. The Morgan fingerprint density at radius 3 is 2.30 bits per heavy atom. The molecule has 0 saturated heterocycles. The lowest BCUT2D eigenvalue weighted by atomic mass is 10.1. The van der Waals surface area contributed by atoms with E-state index in [1.165, 1.54) is 9.87 Å². The molecule has 4 nitrogen and oxygen atoms in total. The van der Waals surface area contributed by atoms with E-state index in [4.69, 9.17) is 0 Å². The van der Waals surface area contributed by atoms with E-state index in [1.54, 1.807) is 30.8 Å². The summed E-state index contributed by atoms with van der Waals surface area (Å²) in [5.41, 5.74) is 2.61. The maximum absolute atomic E-state index is 13.4. The zero-order chi connectivity index (χ0) is 20.2. The summed E-state index contributed by atoms with van der Waals surface area (Å²) in [6.45, 7) is 12.0. The third-order valence-corrected chi connectivity index (χ3v) is 7.67. The molecule has 0 heterocycles. The molecule has 0 aliphatic rings. The van der Waals surface area contributed by atoms with E-state index in [2.05, 4.69) is 13.5 Å². The standard InChI is InChI=1S/C21H29NO3SSi/c1-6-17-8-11-19(12-9-17)22(15-16(3)4)26(23,24)20-13-10-18(7-2)21(14-20)27(5)25/h7-14,16,25,27H,2,6,15H2,1,3-5H3. The second-order valence-corrected chi connectivity index (χ2v) is 11.0. The molecule has 0 amide bonds. The van der Waals surface area contributed by atoms with Crippen LogP contribution in [0.4, 0.5) is 5.69 Å². The Balaban J connectivity index is 2.56. The fourth-order valence-corrected chi connectivity index (χ4v) is 5.86. The van der Waals surface area contributed by atoms with Crippen molar-refractivity contribution in [2.24, 2.45) is 5.92 Å². The largest absolute Gasteiger partial charge is 0.431 e. The average Bonchev–Trinajstić information content (AvgIpc) is 2.65. The molecule has 2 aromatic rings. The maximum Gasteiger partial charge on any atom is 0.264 e. The minimum Gasteiger partial charge on any atom is -0.431 e. The van der Waals surface area contributed by atoms with Crippen molar-refractivity contribution in [1.29, 1.82) is 0 Å². The van der Waals surface area contributed by atoms with Crippen LogP contribution in [0.1, 0.15) is 31.9 Å². The first-order valence-corrected chi connectivity index (χ1v) is 13.0. The molecule has 1 atom stereocenters. The fraction of sp³-hybridized carbons (Fsp3) is 0.333. The Labute approximate surface area is 164 Å². The van der Waals surface area contributed by atoms with Gasteiger partial charge in [-0.3, -0.25) is 4.31 Å². The van der Waals surface area contributed by atoms with Crippen LogP contribution in [0.2, 0.25) is 6.55 Å². The number of aryl methyl sites for hydroxylation is 1. The summed E-state index contributed by atoms with van der Waals surface area (Å²) < 4.78 is 28.3. The van der Waals surface area contributed by atoms with Crippen LogP contribution in [0.15, 0.2) is 53.9 Å². The van der Waals surface area contributed by atoms with E-state index in [-0.39, 0.29) is 10.8 Å². The van der Waals surface area contributed by atoms with E-state index in [1.807, 2.05) is 38.1 Å². The first-order chi connectivity index (χ1) is 12.7. The summed E-state index contributed by atoms with van der Waals surface area (Å²) in [6.07, 6.45) is 2.56. The van der Waals surface area contributed by atoms with Gasteiger partial charge in [-0.1, -0.05) is 51.6 Å². The maximum atomic E-state index is 13.4. The first-order valence-electron chi connectivity index (χ1n) is 9.26. The Morgan fingerprint density at radius 2 is 1.81 bits per heavy atom. The van der Waals surface area contributed by atoms with Crippen LogP contribution in [0.5, 0.6) is 0 Å². The Bertz CT molecular complexity index is 890. The molecule has 1 unspecified atom stereocenters. The van der Waals surface area contributed by atoms with E-state index < -0.39 is 19.1 Å². The molecule has 0 bridgehead atoms. The Hall–Kier alpha value is -1.89. The van der Waals surface area contributed by atoms with E-state index >= 15 is 0 Å². The van der Waals surface area contributed by atoms with Crippen LogP contribution in [0.25, 0.3) is 6.08 Å². The van der Waals surface area contributed by atoms with E-state index in [0.717, 1.165) is 12.0 Å². The van der Waals surface area contributed by atoms with Crippen molar-refractivity contribution < 1.29 is 13.2 Å². The summed E-state index contributed by atoms with van der Waals surface area (Å²) in [4.78, 5) is 10.4. The summed E-state index contributed by atoms with van der Waals surface area (Å²) >= 11 is 0. The lowest BCUT2D eigenvalue weighted by Gasteiger charge is -2.27. The molecule has 0 saturated carbocycles. The minimum absolute atomic E-state index is 0.170. The van der Waals surface area contributed by atoms with Crippen LogP contribution in [0.3, 0.4) is 0 Å². The Kier molecular flexibility index (Phi) is 7.03. The smallest absolute Gasteiger partial charge is 0.264 e. The SMILES string of the molecule is C=Cc1ccc(S(=O)(=O)N(CC(C)C)c2ccc(CC)cc2)cc1[SiH](C)O. The van der Waals surface area contributed by atoms with Crippen LogP contribution >= 0.6 is 0 Å².